The van der Waals surface area contributed by atoms with Crippen molar-refractivity contribution in [2.45, 2.75) is 38.3 Å². The number of nitrogens with one attached hydrogen (secondary N) is 1. The van der Waals surface area contributed by atoms with Crippen LogP contribution in [0, 0.1) is 11.7 Å². The number of nitrogens with zero attached hydrogens (tertiary/aromatic N) is 1. The minimum Gasteiger partial charge on any atom is -0.310 e. The normalized spacial score (nSPS) is 25.7. The average Bonchev–Trinajstić information content (AvgIpc) is 3.16. The molecule has 2 fully saturated rings. The molecule has 1 heterocycles. The van der Waals surface area contributed by atoms with Gasteiger partial charge in [-0.05, 0) is 51.3 Å². The first-order valence-corrected chi connectivity index (χ1v) is 7.46. The molecule has 0 spiro atoms. The number of rotatable bonds is 5. The van der Waals surface area contributed by atoms with Crippen molar-refractivity contribution in [1.82, 2.24) is 10.2 Å². The third kappa shape index (κ3) is 3.15. The summed E-state index contributed by atoms with van der Waals surface area (Å²) < 4.78 is 13.7. The molecule has 1 saturated carbocycles. The highest BCUT2D eigenvalue weighted by atomic mass is 19.1. The third-order valence-electron chi connectivity index (χ3n) is 4.46. The lowest BCUT2D eigenvalue weighted by molar-refractivity contribution is 0.309. The van der Waals surface area contributed by atoms with E-state index >= 15 is 0 Å². The van der Waals surface area contributed by atoms with Crippen molar-refractivity contribution in [2.24, 2.45) is 5.92 Å². The van der Waals surface area contributed by atoms with Gasteiger partial charge in [0.1, 0.15) is 5.82 Å². The van der Waals surface area contributed by atoms with Crippen LogP contribution in [0.3, 0.4) is 0 Å². The molecular formula is C16H23FN2. The first-order chi connectivity index (χ1) is 9.24. The molecule has 0 amide bonds. The van der Waals surface area contributed by atoms with Crippen molar-refractivity contribution in [3.8, 4) is 0 Å². The van der Waals surface area contributed by atoms with Gasteiger partial charge < -0.3 is 10.2 Å². The van der Waals surface area contributed by atoms with Gasteiger partial charge in [-0.1, -0.05) is 18.2 Å². The fourth-order valence-corrected chi connectivity index (χ4v) is 3.08. The molecule has 1 saturated heterocycles. The fraction of sp³-hybridized carbons (Fsp3) is 0.625. The van der Waals surface area contributed by atoms with Gasteiger partial charge in [0.2, 0.25) is 0 Å². The van der Waals surface area contributed by atoms with Crippen LogP contribution in [-0.2, 0) is 0 Å². The van der Waals surface area contributed by atoms with Crippen LogP contribution in [0.4, 0.5) is 4.39 Å². The van der Waals surface area contributed by atoms with Crippen LogP contribution in [0.1, 0.15) is 37.8 Å². The zero-order valence-corrected chi connectivity index (χ0v) is 11.6. The molecule has 0 radical (unpaired) electrons. The summed E-state index contributed by atoms with van der Waals surface area (Å²) in [6.07, 6.45) is 4.07. The van der Waals surface area contributed by atoms with Crippen LogP contribution < -0.4 is 5.32 Å². The largest absolute Gasteiger partial charge is 0.310 e. The molecule has 2 atom stereocenters. The Bertz CT molecular complexity index is 431. The summed E-state index contributed by atoms with van der Waals surface area (Å²) in [6.45, 7) is 5.53. The minimum atomic E-state index is -0.103. The van der Waals surface area contributed by atoms with Crippen molar-refractivity contribution < 1.29 is 4.39 Å². The van der Waals surface area contributed by atoms with Crippen LogP contribution in [0.5, 0.6) is 0 Å². The van der Waals surface area contributed by atoms with Crippen molar-refractivity contribution in [1.29, 1.82) is 0 Å². The van der Waals surface area contributed by atoms with E-state index in [0.29, 0.717) is 0 Å². The van der Waals surface area contributed by atoms with Crippen LogP contribution in [0.2, 0.25) is 0 Å². The van der Waals surface area contributed by atoms with Gasteiger partial charge in [-0.3, -0.25) is 0 Å². The highest BCUT2D eigenvalue weighted by Gasteiger charge is 2.34. The summed E-state index contributed by atoms with van der Waals surface area (Å²) >= 11 is 0. The molecule has 1 aromatic carbocycles. The molecule has 1 aliphatic carbocycles. The summed E-state index contributed by atoms with van der Waals surface area (Å²) in [4.78, 5) is 2.63. The molecule has 2 nitrogen and oxygen atoms in total. The number of benzene rings is 1. The van der Waals surface area contributed by atoms with Gasteiger partial charge in [0.25, 0.3) is 0 Å². The van der Waals surface area contributed by atoms with Crippen molar-refractivity contribution in [2.75, 3.05) is 19.6 Å². The zero-order valence-electron chi connectivity index (χ0n) is 11.6. The lowest BCUT2D eigenvalue weighted by Crippen LogP contribution is -2.29. The van der Waals surface area contributed by atoms with Gasteiger partial charge in [-0.2, -0.15) is 0 Å². The minimum absolute atomic E-state index is 0.0937. The molecule has 3 rings (SSSR count). The molecule has 2 aliphatic rings. The smallest absolute Gasteiger partial charge is 0.127 e. The first kappa shape index (κ1) is 13.1. The first-order valence-electron chi connectivity index (χ1n) is 7.46. The summed E-state index contributed by atoms with van der Waals surface area (Å²) in [5, 5.41) is 3.49. The maximum Gasteiger partial charge on any atom is 0.127 e. The van der Waals surface area contributed by atoms with E-state index in [1.165, 1.54) is 38.4 Å². The summed E-state index contributed by atoms with van der Waals surface area (Å²) in [6, 6.07) is 8.04. The Balaban J connectivity index is 1.48. The van der Waals surface area contributed by atoms with Crippen LogP contribution in [0.15, 0.2) is 24.3 Å². The Morgan fingerprint density at radius 3 is 2.84 bits per heavy atom. The number of hydrogen-bond donors (Lipinski definition) is 1. The lowest BCUT2D eigenvalue weighted by Gasteiger charge is -2.19. The Hall–Kier alpha value is -0.930. The third-order valence-corrected chi connectivity index (χ3v) is 4.46. The van der Waals surface area contributed by atoms with Gasteiger partial charge in [0.05, 0.1) is 0 Å². The second kappa shape index (κ2) is 5.59. The highest BCUT2D eigenvalue weighted by Crippen LogP contribution is 2.31. The van der Waals surface area contributed by atoms with Gasteiger partial charge >= 0.3 is 0 Å². The molecule has 3 heteroatoms. The van der Waals surface area contributed by atoms with E-state index in [1.54, 1.807) is 6.07 Å². The molecule has 1 aromatic rings. The molecular weight excluding hydrogens is 239 g/mol. The summed E-state index contributed by atoms with van der Waals surface area (Å²) in [5.74, 6) is 0.628. The fourth-order valence-electron chi connectivity index (χ4n) is 3.08. The maximum absolute atomic E-state index is 13.7. The van der Waals surface area contributed by atoms with Crippen LogP contribution in [-0.4, -0.2) is 30.6 Å². The van der Waals surface area contributed by atoms with E-state index in [2.05, 4.69) is 10.2 Å². The van der Waals surface area contributed by atoms with Gasteiger partial charge in [-0.25, -0.2) is 4.39 Å². The monoisotopic (exact) mass is 262 g/mol. The molecule has 1 N–H and O–H groups in total. The van der Waals surface area contributed by atoms with E-state index in [9.17, 15) is 4.39 Å². The van der Waals surface area contributed by atoms with E-state index < -0.39 is 0 Å². The van der Waals surface area contributed by atoms with Crippen LogP contribution >= 0.6 is 0 Å². The number of hydrogen-bond acceptors (Lipinski definition) is 2. The molecule has 0 aromatic heterocycles. The molecule has 104 valence electrons. The highest BCUT2D eigenvalue weighted by molar-refractivity contribution is 5.20. The van der Waals surface area contributed by atoms with E-state index in [1.807, 2.05) is 19.1 Å². The topological polar surface area (TPSA) is 15.3 Å². The Kier molecular flexibility index (Phi) is 3.85. The quantitative estimate of drug-likeness (QED) is 0.877. The maximum atomic E-state index is 13.7. The Morgan fingerprint density at radius 1 is 1.32 bits per heavy atom. The molecule has 0 bridgehead atoms. The van der Waals surface area contributed by atoms with Crippen molar-refractivity contribution >= 4 is 0 Å². The number of likely N-dealkylation sites (tertiary alicyclic amines) is 1. The van der Waals surface area contributed by atoms with Crippen molar-refractivity contribution in [3.05, 3.63) is 35.6 Å². The standard InChI is InChI=1S/C16H23FN2/c1-12(15-4-2-3-5-16(15)17)18-10-13-8-9-19(11-13)14-6-7-14/h2-5,12-14,18H,6-11H2,1H3. The summed E-state index contributed by atoms with van der Waals surface area (Å²) in [5.41, 5.74) is 0.777. The van der Waals surface area contributed by atoms with Gasteiger partial charge in [0.15, 0.2) is 0 Å². The number of halogens is 1. The predicted molar refractivity (Wildman–Crippen MR) is 75.5 cm³/mol. The zero-order chi connectivity index (χ0) is 13.2. The SMILES string of the molecule is CC(NCC1CCN(C2CC2)C1)c1ccccc1F. The van der Waals surface area contributed by atoms with Crippen molar-refractivity contribution in [3.63, 3.8) is 0 Å². The summed E-state index contributed by atoms with van der Waals surface area (Å²) in [7, 11) is 0. The van der Waals surface area contributed by atoms with E-state index in [4.69, 9.17) is 0 Å². The molecule has 1 aliphatic heterocycles. The van der Waals surface area contributed by atoms with Gasteiger partial charge in [0, 0.05) is 24.2 Å². The molecule has 19 heavy (non-hydrogen) atoms. The van der Waals surface area contributed by atoms with E-state index in [0.717, 1.165) is 24.1 Å². The van der Waals surface area contributed by atoms with Crippen LogP contribution in [0.25, 0.3) is 0 Å². The Labute approximate surface area is 115 Å². The average molecular weight is 262 g/mol. The second-order valence-electron chi connectivity index (χ2n) is 6.03. The van der Waals surface area contributed by atoms with E-state index in [-0.39, 0.29) is 11.9 Å². The lowest BCUT2D eigenvalue weighted by atomic mass is 10.1. The predicted octanol–water partition coefficient (Wildman–Crippen LogP) is 2.96. The van der Waals surface area contributed by atoms with Gasteiger partial charge in [-0.15, -0.1) is 0 Å². The molecule has 2 unspecified atom stereocenters. The Morgan fingerprint density at radius 2 is 2.11 bits per heavy atom. The second-order valence-corrected chi connectivity index (χ2v) is 6.03.